The molecular weight excluding hydrogens is 390 g/mol. The number of carbonyl (C=O) groups is 3. The van der Waals surface area contributed by atoms with Crippen LogP contribution in [0, 0.1) is 11.8 Å². The number of hydrogen-bond donors (Lipinski definition) is 3. The fourth-order valence-corrected chi connectivity index (χ4v) is 3.07. The van der Waals surface area contributed by atoms with Crippen molar-refractivity contribution in [1.82, 2.24) is 5.32 Å². The molecule has 8 heteroatoms. The lowest BCUT2D eigenvalue weighted by molar-refractivity contribution is -0.118. The zero-order chi connectivity index (χ0) is 21.4. The van der Waals surface area contributed by atoms with E-state index in [1.807, 2.05) is 33.1 Å². The maximum atomic E-state index is 12.7. The first-order valence-electron chi connectivity index (χ1n) is 9.45. The van der Waals surface area contributed by atoms with E-state index in [1.54, 1.807) is 36.4 Å². The molecule has 1 atom stereocenters. The van der Waals surface area contributed by atoms with Crippen molar-refractivity contribution in [1.29, 1.82) is 0 Å². The summed E-state index contributed by atoms with van der Waals surface area (Å²) in [5.41, 5.74) is 1.01. The fourth-order valence-electron chi connectivity index (χ4n) is 2.45. The molecule has 0 bridgehead atoms. The van der Waals surface area contributed by atoms with Gasteiger partial charge >= 0.3 is 6.09 Å². The molecule has 29 heavy (non-hydrogen) atoms. The van der Waals surface area contributed by atoms with Crippen molar-refractivity contribution in [2.24, 2.45) is 11.8 Å². The Hall–Kier alpha value is -2.87. The number of thiophene rings is 1. The van der Waals surface area contributed by atoms with E-state index in [-0.39, 0.29) is 23.7 Å². The Balaban J connectivity index is 2.00. The summed E-state index contributed by atoms with van der Waals surface area (Å²) in [6.45, 7) is 7.95. The van der Waals surface area contributed by atoms with Crippen LogP contribution in [0.5, 0.6) is 0 Å². The molecule has 1 aromatic heterocycles. The van der Waals surface area contributed by atoms with E-state index < -0.39 is 12.1 Å². The molecule has 0 radical (unpaired) electrons. The highest BCUT2D eigenvalue weighted by Crippen LogP contribution is 2.17. The lowest BCUT2D eigenvalue weighted by Crippen LogP contribution is -2.46. The van der Waals surface area contributed by atoms with Crippen molar-refractivity contribution in [3.63, 3.8) is 0 Å². The number of benzene rings is 1. The SMILES string of the molecule is CC(C)COC(=O)Nc1cccc(NC(=O)C(NC(=O)c2cccs2)C(C)C)c1. The Kier molecular flexibility index (Phi) is 8.21. The number of rotatable bonds is 8. The molecule has 0 saturated carbocycles. The van der Waals surface area contributed by atoms with Crippen LogP contribution in [-0.2, 0) is 9.53 Å². The number of amides is 3. The third kappa shape index (κ3) is 7.23. The van der Waals surface area contributed by atoms with Gasteiger partial charge in [-0.3, -0.25) is 14.9 Å². The van der Waals surface area contributed by atoms with Gasteiger partial charge in [0, 0.05) is 11.4 Å². The summed E-state index contributed by atoms with van der Waals surface area (Å²) in [5.74, 6) is -0.475. The molecule has 0 aliphatic carbocycles. The van der Waals surface area contributed by atoms with E-state index in [0.29, 0.717) is 22.9 Å². The monoisotopic (exact) mass is 417 g/mol. The molecule has 0 fully saturated rings. The van der Waals surface area contributed by atoms with E-state index in [2.05, 4.69) is 16.0 Å². The molecule has 0 aliphatic rings. The molecule has 0 saturated heterocycles. The van der Waals surface area contributed by atoms with Gasteiger partial charge in [0.15, 0.2) is 0 Å². The highest BCUT2D eigenvalue weighted by molar-refractivity contribution is 7.12. The van der Waals surface area contributed by atoms with Crippen molar-refractivity contribution in [2.45, 2.75) is 33.7 Å². The summed E-state index contributed by atoms with van der Waals surface area (Å²) in [6, 6.07) is 9.55. The molecule has 3 N–H and O–H groups in total. The molecule has 1 unspecified atom stereocenters. The number of carbonyl (C=O) groups excluding carboxylic acids is 3. The van der Waals surface area contributed by atoms with Gasteiger partial charge in [0.25, 0.3) is 5.91 Å². The van der Waals surface area contributed by atoms with Crippen molar-refractivity contribution in [3.05, 3.63) is 46.7 Å². The quantitative estimate of drug-likeness (QED) is 0.595. The van der Waals surface area contributed by atoms with Crippen LogP contribution in [0.1, 0.15) is 37.4 Å². The van der Waals surface area contributed by atoms with Gasteiger partial charge in [-0.15, -0.1) is 11.3 Å². The van der Waals surface area contributed by atoms with Gasteiger partial charge in [-0.1, -0.05) is 39.8 Å². The smallest absolute Gasteiger partial charge is 0.411 e. The molecule has 7 nitrogen and oxygen atoms in total. The Morgan fingerprint density at radius 2 is 1.69 bits per heavy atom. The van der Waals surface area contributed by atoms with Crippen LogP contribution in [0.25, 0.3) is 0 Å². The molecule has 1 heterocycles. The minimum Gasteiger partial charge on any atom is -0.449 e. The topological polar surface area (TPSA) is 96.5 Å². The average molecular weight is 418 g/mol. The molecule has 0 aliphatic heterocycles. The molecule has 156 valence electrons. The number of hydrogen-bond acceptors (Lipinski definition) is 5. The average Bonchev–Trinajstić information content (AvgIpc) is 3.19. The summed E-state index contributed by atoms with van der Waals surface area (Å²) in [7, 11) is 0. The predicted molar refractivity (Wildman–Crippen MR) is 115 cm³/mol. The van der Waals surface area contributed by atoms with Gasteiger partial charge in [0.05, 0.1) is 11.5 Å². The number of nitrogens with one attached hydrogen (secondary N) is 3. The van der Waals surface area contributed by atoms with Crippen LogP contribution >= 0.6 is 11.3 Å². The molecule has 1 aromatic carbocycles. The minimum atomic E-state index is -0.697. The Bertz CT molecular complexity index is 834. The molecular formula is C21H27N3O4S. The van der Waals surface area contributed by atoms with Gasteiger partial charge in [-0.2, -0.15) is 0 Å². The lowest BCUT2D eigenvalue weighted by Gasteiger charge is -2.21. The van der Waals surface area contributed by atoms with Gasteiger partial charge < -0.3 is 15.4 Å². The standard InChI is InChI=1S/C21H27N3O4S/c1-13(2)12-28-21(27)23-16-8-5-7-15(11-16)22-20(26)18(14(3)4)24-19(25)17-9-6-10-29-17/h5-11,13-14,18H,12H2,1-4H3,(H,22,26)(H,23,27)(H,24,25). The molecule has 0 spiro atoms. The largest absolute Gasteiger partial charge is 0.449 e. The summed E-state index contributed by atoms with van der Waals surface area (Å²) in [6.07, 6.45) is -0.551. The molecule has 2 rings (SSSR count). The summed E-state index contributed by atoms with van der Waals surface area (Å²) >= 11 is 1.32. The fraction of sp³-hybridized carbons (Fsp3) is 0.381. The van der Waals surface area contributed by atoms with E-state index in [0.717, 1.165) is 0 Å². The highest BCUT2D eigenvalue weighted by atomic mass is 32.1. The van der Waals surface area contributed by atoms with Crippen LogP contribution in [0.15, 0.2) is 41.8 Å². The van der Waals surface area contributed by atoms with Gasteiger partial charge in [0.1, 0.15) is 6.04 Å². The molecule has 2 aromatic rings. The van der Waals surface area contributed by atoms with Crippen molar-refractivity contribution in [3.8, 4) is 0 Å². The van der Waals surface area contributed by atoms with Crippen molar-refractivity contribution in [2.75, 3.05) is 17.2 Å². The first kappa shape index (κ1) is 22.4. The van der Waals surface area contributed by atoms with Crippen LogP contribution in [-0.4, -0.2) is 30.6 Å². The van der Waals surface area contributed by atoms with Crippen molar-refractivity contribution < 1.29 is 19.1 Å². The Morgan fingerprint density at radius 3 is 2.28 bits per heavy atom. The van der Waals surface area contributed by atoms with Gasteiger partial charge in [-0.25, -0.2) is 4.79 Å². The van der Waals surface area contributed by atoms with E-state index in [9.17, 15) is 14.4 Å². The second-order valence-corrected chi connectivity index (χ2v) is 8.31. The van der Waals surface area contributed by atoms with Crippen LogP contribution < -0.4 is 16.0 Å². The number of anilines is 2. The summed E-state index contributed by atoms with van der Waals surface area (Å²) in [4.78, 5) is 37.4. The summed E-state index contributed by atoms with van der Waals surface area (Å²) in [5, 5.41) is 10.0. The Morgan fingerprint density at radius 1 is 1.00 bits per heavy atom. The minimum absolute atomic E-state index is 0.105. The van der Waals surface area contributed by atoms with Gasteiger partial charge in [-0.05, 0) is 41.5 Å². The first-order chi connectivity index (χ1) is 13.8. The zero-order valence-electron chi connectivity index (χ0n) is 17.0. The second kappa shape index (κ2) is 10.6. The van der Waals surface area contributed by atoms with Crippen LogP contribution in [0.3, 0.4) is 0 Å². The Labute approximate surface area is 174 Å². The van der Waals surface area contributed by atoms with Crippen molar-refractivity contribution >= 4 is 40.6 Å². The molecule has 3 amide bonds. The van der Waals surface area contributed by atoms with Gasteiger partial charge in [0.2, 0.25) is 5.91 Å². The lowest BCUT2D eigenvalue weighted by atomic mass is 10.0. The third-order valence-corrected chi connectivity index (χ3v) is 4.77. The first-order valence-corrected chi connectivity index (χ1v) is 10.3. The highest BCUT2D eigenvalue weighted by Gasteiger charge is 2.25. The normalized spacial score (nSPS) is 11.8. The zero-order valence-corrected chi connectivity index (χ0v) is 17.8. The maximum Gasteiger partial charge on any atom is 0.411 e. The summed E-state index contributed by atoms with van der Waals surface area (Å²) < 4.78 is 5.09. The van der Waals surface area contributed by atoms with Crippen LogP contribution in [0.4, 0.5) is 16.2 Å². The second-order valence-electron chi connectivity index (χ2n) is 7.36. The van der Waals surface area contributed by atoms with E-state index in [4.69, 9.17) is 4.74 Å². The van der Waals surface area contributed by atoms with Crippen LogP contribution in [0.2, 0.25) is 0 Å². The van der Waals surface area contributed by atoms with E-state index in [1.165, 1.54) is 11.3 Å². The van der Waals surface area contributed by atoms with E-state index >= 15 is 0 Å². The third-order valence-electron chi connectivity index (χ3n) is 3.90. The maximum absolute atomic E-state index is 12.7. The number of ether oxygens (including phenoxy) is 1. The predicted octanol–water partition coefficient (Wildman–Crippen LogP) is 4.35.